The molecule has 0 aliphatic carbocycles. The molecule has 0 spiro atoms. The lowest BCUT2D eigenvalue weighted by atomic mass is 10.1. The number of thioether (sulfide) groups is 1. The average Bonchev–Trinajstić information content (AvgIpc) is 3.41. The molecule has 2 heterocycles. The van der Waals surface area contributed by atoms with Crippen molar-refractivity contribution < 1.29 is 28.3 Å². The molecule has 0 saturated carbocycles. The number of benzene rings is 3. The number of carbonyl (C=O) groups excluding carboxylic acids is 4. The number of hydrogen-bond donors (Lipinski definition) is 1. The van der Waals surface area contributed by atoms with E-state index in [1.165, 1.54) is 25.3 Å². The van der Waals surface area contributed by atoms with E-state index in [1.54, 1.807) is 30.3 Å². The Morgan fingerprint density at radius 1 is 1.03 bits per heavy atom. The molecule has 4 aromatic rings. The number of rotatable bonds is 7. The van der Waals surface area contributed by atoms with Crippen LogP contribution < -0.4 is 5.32 Å². The number of para-hydroxylation sites is 2. The van der Waals surface area contributed by atoms with Gasteiger partial charge in [-0.15, -0.1) is 0 Å². The summed E-state index contributed by atoms with van der Waals surface area (Å²) in [7, 11) is 1.33. The number of hydrogen-bond acceptors (Lipinski definition) is 6. The summed E-state index contributed by atoms with van der Waals surface area (Å²) in [6.45, 7) is -0.0779. The Bertz CT molecular complexity index is 1660. The fourth-order valence-electron chi connectivity index (χ4n) is 4.31. The normalized spacial score (nSPS) is 14.3. The SMILES string of the molecule is COC(=O)c1cccc(Cn2cc(/C=C3\SC(=O)N(CC(=O)Nc4ccccc4F)C3=O)c3ccccc32)c1. The van der Waals surface area contributed by atoms with Gasteiger partial charge in [0.2, 0.25) is 5.91 Å². The highest BCUT2D eigenvalue weighted by Gasteiger charge is 2.36. The summed E-state index contributed by atoms with van der Waals surface area (Å²) < 4.78 is 20.7. The summed E-state index contributed by atoms with van der Waals surface area (Å²) >= 11 is 0.741. The topological polar surface area (TPSA) is 97.7 Å². The Morgan fingerprint density at radius 3 is 2.59 bits per heavy atom. The molecule has 39 heavy (non-hydrogen) atoms. The predicted molar refractivity (Wildman–Crippen MR) is 147 cm³/mol. The molecule has 196 valence electrons. The van der Waals surface area contributed by atoms with Crippen LogP contribution in [-0.4, -0.2) is 46.1 Å². The second-order valence-corrected chi connectivity index (χ2v) is 9.71. The molecule has 1 aliphatic heterocycles. The van der Waals surface area contributed by atoms with E-state index in [0.717, 1.165) is 38.7 Å². The Labute approximate surface area is 227 Å². The van der Waals surface area contributed by atoms with Crippen molar-refractivity contribution in [1.29, 1.82) is 0 Å². The van der Waals surface area contributed by atoms with Gasteiger partial charge in [0.25, 0.3) is 11.1 Å². The molecule has 0 unspecified atom stereocenters. The van der Waals surface area contributed by atoms with Gasteiger partial charge in [-0.1, -0.05) is 42.5 Å². The number of ether oxygens (including phenoxy) is 1. The Morgan fingerprint density at radius 2 is 1.79 bits per heavy atom. The molecular weight excluding hydrogens is 521 g/mol. The highest BCUT2D eigenvalue weighted by Crippen LogP contribution is 2.34. The van der Waals surface area contributed by atoms with Crippen molar-refractivity contribution >= 4 is 57.5 Å². The molecule has 1 N–H and O–H groups in total. The first-order chi connectivity index (χ1) is 18.8. The number of methoxy groups -OCH3 is 1. The van der Waals surface area contributed by atoms with E-state index in [-0.39, 0.29) is 10.6 Å². The quantitative estimate of drug-likeness (QED) is 0.251. The lowest BCUT2D eigenvalue weighted by molar-refractivity contribution is -0.127. The molecule has 3 aromatic carbocycles. The zero-order chi connectivity index (χ0) is 27.5. The Hall–Kier alpha value is -4.70. The van der Waals surface area contributed by atoms with Crippen molar-refractivity contribution in [3.8, 4) is 0 Å². The zero-order valence-electron chi connectivity index (χ0n) is 20.7. The molecule has 0 bridgehead atoms. The van der Waals surface area contributed by atoms with Crippen LogP contribution in [0, 0.1) is 5.82 Å². The van der Waals surface area contributed by atoms with Gasteiger partial charge >= 0.3 is 5.97 Å². The number of fused-ring (bicyclic) bond motifs is 1. The van der Waals surface area contributed by atoms with E-state index >= 15 is 0 Å². The third kappa shape index (κ3) is 5.46. The van der Waals surface area contributed by atoms with Gasteiger partial charge in [-0.25, -0.2) is 9.18 Å². The van der Waals surface area contributed by atoms with Crippen molar-refractivity contribution in [2.75, 3.05) is 19.0 Å². The summed E-state index contributed by atoms with van der Waals surface area (Å²) in [4.78, 5) is 51.0. The van der Waals surface area contributed by atoms with Gasteiger partial charge in [-0.3, -0.25) is 19.3 Å². The summed E-state index contributed by atoms with van der Waals surface area (Å²) in [6, 6.07) is 20.4. The molecular formula is C29H22FN3O5S. The number of halogens is 1. The van der Waals surface area contributed by atoms with E-state index in [4.69, 9.17) is 4.74 Å². The fraction of sp³-hybridized carbons (Fsp3) is 0.103. The third-order valence-corrected chi connectivity index (χ3v) is 7.04. The van der Waals surface area contributed by atoms with Gasteiger partial charge in [0.1, 0.15) is 12.4 Å². The van der Waals surface area contributed by atoms with Crippen LogP contribution in [0.4, 0.5) is 14.9 Å². The van der Waals surface area contributed by atoms with Crippen molar-refractivity contribution in [2.45, 2.75) is 6.54 Å². The van der Waals surface area contributed by atoms with Crippen molar-refractivity contribution in [3.05, 3.63) is 106 Å². The number of carbonyl (C=O) groups is 4. The molecule has 1 saturated heterocycles. The molecule has 10 heteroatoms. The minimum atomic E-state index is -0.686. The van der Waals surface area contributed by atoms with Crippen molar-refractivity contribution in [2.24, 2.45) is 0 Å². The highest BCUT2D eigenvalue weighted by molar-refractivity contribution is 8.18. The van der Waals surface area contributed by atoms with Crippen LogP contribution in [0.2, 0.25) is 0 Å². The molecule has 0 atom stereocenters. The minimum Gasteiger partial charge on any atom is -0.465 e. The summed E-state index contributed by atoms with van der Waals surface area (Å²) in [5, 5.41) is 2.67. The van der Waals surface area contributed by atoms with Crippen molar-refractivity contribution in [3.63, 3.8) is 0 Å². The second-order valence-electron chi connectivity index (χ2n) is 8.72. The number of imide groups is 1. The first kappa shape index (κ1) is 25.9. The number of anilines is 1. The first-order valence-corrected chi connectivity index (χ1v) is 12.7. The van der Waals surface area contributed by atoms with Crippen LogP contribution in [0.15, 0.2) is 83.9 Å². The van der Waals surface area contributed by atoms with Gasteiger partial charge in [-0.2, -0.15) is 0 Å². The maximum Gasteiger partial charge on any atom is 0.337 e. The number of nitrogens with one attached hydrogen (secondary N) is 1. The van der Waals surface area contributed by atoms with E-state index < -0.39 is 35.4 Å². The maximum atomic E-state index is 13.9. The summed E-state index contributed by atoms with van der Waals surface area (Å²) in [5.74, 6) is -2.33. The van der Waals surface area contributed by atoms with Gasteiger partial charge in [0.05, 0.1) is 23.3 Å². The molecule has 1 fully saturated rings. The maximum absolute atomic E-state index is 13.9. The van der Waals surface area contributed by atoms with Crippen LogP contribution in [0.1, 0.15) is 21.5 Å². The van der Waals surface area contributed by atoms with Crippen LogP contribution in [0.25, 0.3) is 17.0 Å². The molecule has 8 nitrogen and oxygen atoms in total. The molecule has 1 aromatic heterocycles. The van der Waals surface area contributed by atoms with Gasteiger partial charge in [-0.05, 0) is 53.7 Å². The van der Waals surface area contributed by atoms with Crippen LogP contribution in [0.5, 0.6) is 0 Å². The lowest BCUT2D eigenvalue weighted by Crippen LogP contribution is -2.36. The number of amides is 3. The average molecular weight is 544 g/mol. The predicted octanol–water partition coefficient (Wildman–Crippen LogP) is 5.29. The first-order valence-electron chi connectivity index (χ1n) is 11.9. The Balaban J connectivity index is 1.38. The van der Waals surface area contributed by atoms with Crippen LogP contribution in [-0.2, 0) is 20.9 Å². The molecule has 1 aliphatic rings. The smallest absolute Gasteiger partial charge is 0.337 e. The fourth-order valence-corrected chi connectivity index (χ4v) is 5.13. The summed E-state index contributed by atoms with van der Waals surface area (Å²) in [6.07, 6.45) is 3.50. The van der Waals surface area contributed by atoms with E-state index in [1.807, 2.05) is 41.1 Å². The number of esters is 1. The second kappa shape index (κ2) is 11.0. The van der Waals surface area contributed by atoms with Crippen LogP contribution in [0.3, 0.4) is 0 Å². The molecule has 3 amide bonds. The van der Waals surface area contributed by atoms with E-state index in [2.05, 4.69) is 5.32 Å². The largest absolute Gasteiger partial charge is 0.465 e. The van der Waals surface area contributed by atoms with Crippen LogP contribution >= 0.6 is 11.8 Å². The van der Waals surface area contributed by atoms with Gasteiger partial charge in [0.15, 0.2) is 0 Å². The summed E-state index contributed by atoms with van der Waals surface area (Å²) in [5.41, 5.74) is 2.91. The molecule has 0 radical (unpaired) electrons. The molecule has 5 rings (SSSR count). The van der Waals surface area contributed by atoms with E-state index in [9.17, 15) is 23.6 Å². The zero-order valence-corrected chi connectivity index (χ0v) is 21.5. The highest BCUT2D eigenvalue weighted by atomic mass is 32.2. The monoisotopic (exact) mass is 543 g/mol. The third-order valence-electron chi connectivity index (χ3n) is 6.13. The Kier molecular flexibility index (Phi) is 7.29. The van der Waals surface area contributed by atoms with Gasteiger partial charge in [0, 0.05) is 29.2 Å². The standard InChI is InChI=1S/C29H22FN3O5S/c1-38-28(36)19-8-6-7-18(13-19)15-32-16-20(21-9-2-5-12-24(21)32)14-25-27(35)33(29(37)39-25)17-26(34)31-23-11-4-3-10-22(23)30/h2-14,16H,15,17H2,1H3,(H,31,34)/b25-14-. The van der Waals surface area contributed by atoms with E-state index in [0.29, 0.717) is 12.1 Å². The van der Waals surface area contributed by atoms with Crippen molar-refractivity contribution in [1.82, 2.24) is 9.47 Å². The minimum absolute atomic E-state index is 0.0325. The number of nitrogens with zero attached hydrogens (tertiary/aromatic N) is 2. The number of aromatic nitrogens is 1. The van der Waals surface area contributed by atoms with Gasteiger partial charge < -0.3 is 14.6 Å². The lowest BCUT2D eigenvalue weighted by Gasteiger charge is -2.12.